The third kappa shape index (κ3) is 2.38. The van der Waals surface area contributed by atoms with Crippen LogP contribution >= 0.6 is 23.4 Å². The first-order valence-electron chi connectivity index (χ1n) is 6.80. The molecule has 0 N–H and O–H groups in total. The Kier molecular flexibility index (Phi) is 3.77. The molecule has 1 unspecified atom stereocenters. The maximum Gasteiger partial charge on any atom is 0.255 e. The molecule has 19 heavy (non-hydrogen) atoms. The smallest absolute Gasteiger partial charge is 0.255 e. The fourth-order valence-corrected chi connectivity index (χ4v) is 4.47. The number of carbonyl (C=O) groups excluding carboxylic acids is 1. The molecule has 0 aromatic heterocycles. The van der Waals surface area contributed by atoms with Gasteiger partial charge in [0.2, 0.25) is 0 Å². The van der Waals surface area contributed by atoms with Gasteiger partial charge in [-0.2, -0.15) is 11.8 Å². The predicted molar refractivity (Wildman–Crippen MR) is 81.0 cm³/mol. The first-order valence-corrected chi connectivity index (χ1v) is 8.47. The van der Waals surface area contributed by atoms with Crippen molar-refractivity contribution in [1.29, 1.82) is 0 Å². The van der Waals surface area contributed by atoms with Gasteiger partial charge in [0, 0.05) is 17.3 Å². The number of hydrogen-bond acceptors (Lipinski definition) is 2. The second-order valence-corrected chi connectivity index (χ2v) is 6.95. The Balaban J connectivity index is 1.84. The van der Waals surface area contributed by atoms with Crippen molar-refractivity contribution in [3.8, 4) is 0 Å². The molecule has 2 fully saturated rings. The fourth-order valence-electron chi connectivity index (χ4n) is 3.42. The van der Waals surface area contributed by atoms with E-state index in [1.165, 1.54) is 0 Å². The van der Waals surface area contributed by atoms with Crippen LogP contribution in [0.15, 0.2) is 24.3 Å². The SMILES string of the molecule is CSC1C[C@H]2CC[C@@H](C1)N2C(=O)c1ccccc1Cl. The Hall–Kier alpha value is -0.670. The van der Waals surface area contributed by atoms with Gasteiger partial charge in [0.15, 0.2) is 0 Å². The summed E-state index contributed by atoms with van der Waals surface area (Å²) in [5.41, 5.74) is 0.656. The van der Waals surface area contributed by atoms with E-state index in [0.717, 1.165) is 25.7 Å². The monoisotopic (exact) mass is 295 g/mol. The van der Waals surface area contributed by atoms with Crippen LogP contribution in [0.5, 0.6) is 0 Å². The number of thioether (sulfide) groups is 1. The number of benzene rings is 1. The highest BCUT2D eigenvalue weighted by molar-refractivity contribution is 7.99. The number of hydrogen-bond donors (Lipinski definition) is 0. The molecular formula is C15H18ClNOS. The zero-order valence-electron chi connectivity index (χ0n) is 11.0. The third-order valence-electron chi connectivity index (χ3n) is 4.36. The van der Waals surface area contributed by atoms with Crippen LogP contribution in [0.25, 0.3) is 0 Å². The summed E-state index contributed by atoms with van der Waals surface area (Å²) in [5, 5.41) is 1.28. The van der Waals surface area contributed by atoms with Gasteiger partial charge in [-0.05, 0) is 44.1 Å². The number of amides is 1. The van der Waals surface area contributed by atoms with Gasteiger partial charge in [-0.25, -0.2) is 0 Å². The largest absolute Gasteiger partial charge is 0.333 e. The minimum atomic E-state index is 0.123. The molecule has 0 aliphatic carbocycles. The Morgan fingerprint density at radius 2 is 1.89 bits per heavy atom. The number of piperidine rings is 1. The van der Waals surface area contributed by atoms with Crippen molar-refractivity contribution in [3.63, 3.8) is 0 Å². The number of halogens is 1. The summed E-state index contributed by atoms with van der Waals surface area (Å²) < 4.78 is 0. The third-order valence-corrected chi connectivity index (χ3v) is 5.74. The molecule has 3 rings (SSSR count). The van der Waals surface area contributed by atoms with Gasteiger partial charge in [-0.15, -0.1) is 0 Å². The van der Waals surface area contributed by atoms with Crippen LogP contribution in [-0.2, 0) is 0 Å². The van der Waals surface area contributed by atoms with Crippen molar-refractivity contribution < 1.29 is 4.79 Å². The van der Waals surface area contributed by atoms with Gasteiger partial charge >= 0.3 is 0 Å². The Labute approximate surface area is 123 Å². The van der Waals surface area contributed by atoms with Gasteiger partial charge in [0.05, 0.1) is 10.6 Å². The highest BCUT2D eigenvalue weighted by atomic mass is 35.5. The van der Waals surface area contributed by atoms with E-state index in [4.69, 9.17) is 11.6 Å². The molecule has 4 heteroatoms. The molecule has 1 aromatic carbocycles. The summed E-state index contributed by atoms with van der Waals surface area (Å²) in [4.78, 5) is 14.8. The molecule has 1 amide bonds. The van der Waals surface area contributed by atoms with Crippen LogP contribution in [-0.4, -0.2) is 34.4 Å². The molecule has 2 aliphatic heterocycles. The van der Waals surface area contributed by atoms with Crippen molar-refractivity contribution >= 4 is 29.3 Å². The van der Waals surface area contributed by atoms with E-state index >= 15 is 0 Å². The minimum absolute atomic E-state index is 0.123. The molecule has 2 aliphatic rings. The zero-order valence-corrected chi connectivity index (χ0v) is 12.6. The van der Waals surface area contributed by atoms with Crippen molar-refractivity contribution in [2.45, 2.75) is 43.0 Å². The summed E-state index contributed by atoms with van der Waals surface area (Å²) in [5.74, 6) is 0.123. The number of fused-ring (bicyclic) bond motifs is 2. The van der Waals surface area contributed by atoms with Gasteiger partial charge in [-0.1, -0.05) is 23.7 Å². The Morgan fingerprint density at radius 1 is 1.26 bits per heavy atom. The van der Waals surface area contributed by atoms with Crippen molar-refractivity contribution in [2.75, 3.05) is 6.26 Å². The lowest BCUT2D eigenvalue weighted by molar-refractivity contribution is 0.0602. The lowest BCUT2D eigenvalue weighted by Crippen LogP contribution is -2.47. The molecule has 2 heterocycles. The molecule has 2 nitrogen and oxygen atoms in total. The molecule has 3 atom stereocenters. The Morgan fingerprint density at radius 3 is 2.47 bits per heavy atom. The lowest BCUT2D eigenvalue weighted by atomic mass is 10.0. The molecule has 2 bridgehead atoms. The van der Waals surface area contributed by atoms with Gasteiger partial charge in [-0.3, -0.25) is 4.79 Å². The summed E-state index contributed by atoms with van der Waals surface area (Å²) in [6.07, 6.45) is 6.74. The zero-order chi connectivity index (χ0) is 13.4. The Bertz CT molecular complexity index is 479. The quantitative estimate of drug-likeness (QED) is 0.826. The number of rotatable bonds is 2. The molecule has 102 valence electrons. The second-order valence-electron chi connectivity index (χ2n) is 5.41. The first kappa shape index (κ1) is 13.3. The lowest BCUT2D eigenvalue weighted by Gasteiger charge is -2.38. The van der Waals surface area contributed by atoms with Crippen molar-refractivity contribution in [2.24, 2.45) is 0 Å². The molecule has 0 spiro atoms. The standard InChI is InChI=1S/C15H18ClNOS/c1-19-12-8-10-6-7-11(9-12)17(10)15(18)13-4-2-3-5-14(13)16/h2-5,10-12H,6-9H2,1H3/t10-,11+,12?. The first-order chi connectivity index (χ1) is 9.20. The highest BCUT2D eigenvalue weighted by Gasteiger charge is 2.43. The van der Waals surface area contributed by atoms with Crippen LogP contribution in [0.4, 0.5) is 0 Å². The van der Waals surface area contributed by atoms with Gasteiger partial charge in [0.1, 0.15) is 0 Å². The average Bonchev–Trinajstić information content (AvgIpc) is 2.69. The van der Waals surface area contributed by atoms with E-state index in [-0.39, 0.29) is 5.91 Å². The van der Waals surface area contributed by atoms with Crippen LogP contribution in [0.3, 0.4) is 0 Å². The van der Waals surface area contributed by atoms with E-state index in [1.54, 1.807) is 6.07 Å². The van der Waals surface area contributed by atoms with E-state index < -0.39 is 0 Å². The van der Waals surface area contributed by atoms with E-state index in [2.05, 4.69) is 11.2 Å². The summed E-state index contributed by atoms with van der Waals surface area (Å²) in [6.45, 7) is 0. The molecular weight excluding hydrogens is 278 g/mol. The van der Waals surface area contributed by atoms with E-state index in [0.29, 0.717) is 27.9 Å². The summed E-state index contributed by atoms with van der Waals surface area (Å²) in [6, 6.07) is 8.22. The fraction of sp³-hybridized carbons (Fsp3) is 0.533. The van der Waals surface area contributed by atoms with E-state index in [1.807, 2.05) is 30.0 Å². The van der Waals surface area contributed by atoms with Gasteiger partial charge < -0.3 is 4.90 Å². The summed E-state index contributed by atoms with van der Waals surface area (Å²) >= 11 is 8.10. The van der Waals surface area contributed by atoms with Crippen LogP contribution in [0.1, 0.15) is 36.0 Å². The molecule has 1 aromatic rings. The maximum absolute atomic E-state index is 12.7. The summed E-state index contributed by atoms with van der Waals surface area (Å²) in [7, 11) is 0. The topological polar surface area (TPSA) is 20.3 Å². The predicted octanol–water partition coefficient (Wildman–Crippen LogP) is 3.84. The molecule has 0 saturated carbocycles. The van der Waals surface area contributed by atoms with Crippen molar-refractivity contribution in [3.05, 3.63) is 34.9 Å². The van der Waals surface area contributed by atoms with Crippen molar-refractivity contribution in [1.82, 2.24) is 4.90 Å². The highest BCUT2D eigenvalue weighted by Crippen LogP contribution is 2.40. The van der Waals surface area contributed by atoms with Gasteiger partial charge in [0.25, 0.3) is 5.91 Å². The minimum Gasteiger partial charge on any atom is -0.333 e. The average molecular weight is 296 g/mol. The molecule has 0 radical (unpaired) electrons. The maximum atomic E-state index is 12.7. The van der Waals surface area contributed by atoms with Crippen LogP contribution < -0.4 is 0 Å². The van der Waals surface area contributed by atoms with Crippen LogP contribution in [0, 0.1) is 0 Å². The van der Waals surface area contributed by atoms with Crippen LogP contribution in [0.2, 0.25) is 5.02 Å². The number of nitrogens with zero attached hydrogens (tertiary/aromatic N) is 1. The normalized spacial score (nSPS) is 29.6. The molecule has 2 saturated heterocycles. The number of carbonyl (C=O) groups is 1. The second kappa shape index (κ2) is 5.37. The van der Waals surface area contributed by atoms with E-state index in [9.17, 15) is 4.79 Å².